The number of aromatic nitrogens is 3. The molecule has 0 unspecified atom stereocenters. The molecule has 0 saturated carbocycles. The van der Waals surface area contributed by atoms with E-state index in [1.165, 1.54) is 33.5 Å². The molecule has 1 aromatic carbocycles. The van der Waals surface area contributed by atoms with Gasteiger partial charge in [0.25, 0.3) is 0 Å². The van der Waals surface area contributed by atoms with Crippen molar-refractivity contribution in [2.24, 2.45) is 7.05 Å². The van der Waals surface area contributed by atoms with Crippen LogP contribution in [0.3, 0.4) is 0 Å². The van der Waals surface area contributed by atoms with E-state index in [2.05, 4.69) is 34.7 Å². The van der Waals surface area contributed by atoms with Gasteiger partial charge in [-0.25, -0.2) is 4.79 Å². The van der Waals surface area contributed by atoms with Gasteiger partial charge in [-0.1, -0.05) is 49.0 Å². The Bertz CT molecular complexity index is 1340. The molecule has 3 aromatic heterocycles. The van der Waals surface area contributed by atoms with Crippen LogP contribution < -0.4 is 5.32 Å². The predicted molar refractivity (Wildman–Crippen MR) is 143 cm³/mol. The second-order valence-electron chi connectivity index (χ2n) is 7.68. The fraction of sp³-hybridized carbons (Fsp3) is 0.280. The zero-order valence-electron chi connectivity index (χ0n) is 20.0. The van der Waals surface area contributed by atoms with E-state index in [9.17, 15) is 9.59 Å². The number of amides is 1. The highest BCUT2D eigenvalue weighted by Gasteiger charge is 2.23. The standard InChI is InChI=1S/C25H26N4O3S3/c1-5-17-15(3)33-13-19(17)22-27-28-25(29(22)4)35-14-20(30)26-23-21(24(31)32-6-2)18(12-34-23)16-10-8-7-9-11-16/h7-13H,5-6,14H2,1-4H3,(H,26,30). The van der Waals surface area contributed by atoms with Crippen LogP contribution in [0.4, 0.5) is 5.00 Å². The van der Waals surface area contributed by atoms with Gasteiger partial charge in [-0.15, -0.1) is 32.9 Å². The Balaban J connectivity index is 1.49. The molecule has 0 fully saturated rings. The lowest BCUT2D eigenvalue weighted by Crippen LogP contribution is -2.16. The summed E-state index contributed by atoms with van der Waals surface area (Å²) in [6.07, 6.45) is 0.928. The van der Waals surface area contributed by atoms with Crippen molar-refractivity contribution in [2.75, 3.05) is 17.7 Å². The normalized spacial score (nSPS) is 11.0. The second kappa shape index (κ2) is 11.2. The Morgan fingerprint density at radius 2 is 1.83 bits per heavy atom. The minimum atomic E-state index is -0.453. The summed E-state index contributed by atoms with van der Waals surface area (Å²) in [5.74, 6) is 0.249. The first-order valence-electron chi connectivity index (χ1n) is 11.2. The lowest BCUT2D eigenvalue weighted by molar-refractivity contribution is -0.113. The van der Waals surface area contributed by atoms with Crippen molar-refractivity contribution in [1.29, 1.82) is 0 Å². The zero-order valence-corrected chi connectivity index (χ0v) is 22.4. The van der Waals surface area contributed by atoms with Crippen LogP contribution in [0.1, 0.15) is 34.6 Å². The first-order chi connectivity index (χ1) is 16.9. The van der Waals surface area contributed by atoms with Gasteiger partial charge in [-0.2, -0.15) is 0 Å². The predicted octanol–water partition coefficient (Wildman–Crippen LogP) is 6.05. The third kappa shape index (κ3) is 5.34. The summed E-state index contributed by atoms with van der Waals surface area (Å²) < 4.78 is 7.19. The first kappa shape index (κ1) is 25.2. The molecule has 4 rings (SSSR count). The van der Waals surface area contributed by atoms with Crippen molar-refractivity contribution >= 4 is 51.3 Å². The molecule has 0 aliphatic carbocycles. The van der Waals surface area contributed by atoms with Gasteiger partial charge in [0.2, 0.25) is 5.91 Å². The fourth-order valence-electron chi connectivity index (χ4n) is 3.76. The van der Waals surface area contributed by atoms with Gasteiger partial charge in [-0.3, -0.25) is 4.79 Å². The Labute approximate surface area is 216 Å². The molecule has 7 nitrogen and oxygen atoms in total. The van der Waals surface area contributed by atoms with Gasteiger partial charge >= 0.3 is 5.97 Å². The zero-order chi connectivity index (χ0) is 24.9. The number of carbonyl (C=O) groups is 2. The summed E-state index contributed by atoms with van der Waals surface area (Å²) in [5.41, 5.74) is 4.38. The number of ether oxygens (including phenoxy) is 1. The molecule has 10 heteroatoms. The van der Waals surface area contributed by atoms with E-state index in [0.717, 1.165) is 28.9 Å². The van der Waals surface area contributed by atoms with Crippen LogP contribution in [0.15, 0.2) is 46.2 Å². The van der Waals surface area contributed by atoms with Gasteiger partial charge in [0.1, 0.15) is 10.6 Å². The Morgan fingerprint density at radius 1 is 1.09 bits per heavy atom. The molecule has 0 atom stereocenters. The van der Waals surface area contributed by atoms with E-state index in [0.29, 0.717) is 15.7 Å². The molecule has 0 radical (unpaired) electrons. The molecule has 4 aromatic rings. The quantitative estimate of drug-likeness (QED) is 0.211. The summed E-state index contributed by atoms with van der Waals surface area (Å²) in [5, 5.41) is 16.7. The van der Waals surface area contributed by atoms with E-state index >= 15 is 0 Å². The summed E-state index contributed by atoms with van der Waals surface area (Å²) in [6, 6.07) is 9.59. The van der Waals surface area contributed by atoms with E-state index in [1.807, 2.05) is 47.3 Å². The van der Waals surface area contributed by atoms with Crippen LogP contribution in [-0.2, 0) is 23.0 Å². The molecule has 1 N–H and O–H groups in total. The number of nitrogens with one attached hydrogen (secondary N) is 1. The van der Waals surface area contributed by atoms with Crippen LogP contribution in [0.2, 0.25) is 0 Å². The number of benzene rings is 1. The highest BCUT2D eigenvalue weighted by molar-refractivity contribution is 7.99. The van der Waals surface area contributed by atoms with Crippen LogP contribution in [-0.4, -0.2) is 39.0 Å². The minimum Gasteiger partial charge on any atom is -0.462 e. The maximum atomic E-state index is 12.8. The largest absolute Gasteiger partial charge is 0.462 e. The van der Waals surface area contributed by atoms with Gasteiger partial charge in [0, 0.05) is 33.8 Å². The molecule has 0 saturated heterocycles. The van der Waals surface area contributed by atoms with E-state index in [1.54, 1.807) is 18.3 Å². The molecule has 1 amide bonds. The second-order valence-corrected chi connectivity index (χ2v) is 10.6. The van der Waals surface area contributed by atoms with E-state index in [4.69, 9.17) is 4.74 Å². The van der Waals surface area contributed by atoms with Crippen molar-refractivity contribution in [2.45, 2.75) is 32.3 Å². The highest BCUT2D eigenvalue weighted by atomic mass is 32.2. The molecular formula is C25H26N4O3S3. The molecular weight excluding hydrogens is 501 g/mol. The average molecular weight is 527 g/mol. The van der Waals surface area contributed by atoms with Gasteiger partial charge < -0.3 is 14.6 Å². The first-order valence-corrected chi connectivity index (χ1v) is 13.9. The number of aryl methyl sites for hydroxylation is 1. The topological polar surface area (TPSA) is 86.1 Å². The lowest BCUT2D eigenvalue weighted by Gasteiger charge is -2.09. The van der Waals surface area contributed by atoms with Crippen molar-refractivity contribution in [3.05, 3.63) is 57.1 Å². The number of thiophene rings is 2. The van der Waals surface area contributed by atoms with Crippen molar-refractivity contribution in [1.82, 2.24) is 14.8 Å². The Hall–Kier alpha value is -2.95. The number of anilines is 1. The van der Waals surface area contributed by atoms with Crippen LogP contribution in [0.25, 0.3) is 22.5 Å². The molecule has 0 aliphatic heterocycles. The highest BCUT2D eigenvalue weighted by Crippen LogP contribution is 2.36. The van der Waals surface area contributed by atoms with Crippen molar-refractivity contribution < 1.29 is 14.3 Å². The fourth-order valence-corrected chi connectivity index (χ4v) is 6.38. The van der Waals surface area contributed by atoms with Crippen LogP contribution >= 0.6 is 34.4 Å². The SMILES string of the molecule is CCOC(=O)c1c(-c2ccccc2)csc1NC(=O)CSc1nnc(-c2csc(C)c2CC)n1C. The smallest absolute Gasteiger partial charge is 0.341 e. The van der Waals surface area contributed by atoms with Crippen molar-refractivity contribution in [3.63, 3.8) is 0 Å². The summed E-state index contributed by atoms with van der Waals surface area (Å²) >= 11 is 4.33. The monoisotopic (exact) mass is 526 g/mol. The average Bonchev–Trinajstić information content (AvgIpc) is 3.55. The number of nitrogens with zero attached hydrogens (tertiary/aromatic N) is 3. The molecule has 0 spiro atoms. The number of hydrogen-bond donors (Lipinski definition) is 1. The summed E-state index contributed by atoms with van der Waals surface area (Å²) in [6.45, 7) is 6.26. The summed E-state index contributed by atoms with van der Waals surface area (Å²) in [7, 11) is 1.91. The number of carbonyl (C=O) groups excluding carboxylic acids is 2. The van der Waals surface area contributed by atoms with E-state index in [-0.39, 0.29) is 18.3 Å². The number of hydrogen-bond acceptors (Lipinski definition) is 8. The Morgan fingerprint density at radius 3 is 2.54 bits per heavy atom. The third-order valence-electron chi connectivity index (χ3n) is 5.47. The molecule has 0 aliphatic rings. The molecule has 182 valence electrons. The molecule has 35 heavy (non-hydrogen) atoms. The maximum absolute atomic E-state index is 12.8. The van der Waals surface area contributed by atoms with E-state index < -0.39 is 5.97 Å². The third-order valence-corrected chi connectivity index (χ3v) is 8.34. The van der Waals surface area contributed by atoms with Crippen LogP contribution in [0, 0.1) is 6.92 Å². The van der Waals surface area contributed by atoms with Gasteiger partial charge in [0.15, 0.2) is 11.0 Å². The summed E-state index contributed by atoms with van der Waals surface area (Å²) in [4.78, 5) is 26.8. The molecule has 0 bridgehead atoms. The maximum Gasteiger partial charge on any atom is 0.341 e. The van der Waals surface area contributed by atoms with Crippen molar-refractivity contribution in [3.8, 4) is 22.5 Å². The number of thioether (sulfide) groups is 1. The minimum absolute atomic E-state index is 0.135. The van der Waals surface area contributed by atoms with Gasteiger partial charge in [0.05, 0.1) is 12.4 Å². The number of esters is 1. The number of rotatable bonds is 9. The van der Waals surface area contributed by atoms with Crippen LogP contribution in [0.5, 0.6) is 0 Å². The Kier molecular flexibility index (Phi) is 8.04. The lowest BCUT2D eigenvalue weighted by atomic mass is 10.0. The van der Waals surface area contributed by atoms with Gasteiger partial charge in [-0.05, 0) is 31.4 Å². The molecule has 3 heterocycles.